The van der Waals surface area contributed by atoms with Crippen LogP contribution in [-0.2, 0) is 0 Å². The number of benzene rings is 2. The molecule has 0 aliphatic heterocycles. The molecule has 12 heteroatoms. The van der Waals surface area contributed by atoms with Crippen LogP contribution in [0.15, 0.2) is 47.8 Å². The van der Waals surface area contributed by atoms with Gasteiger partial charge in [0.1, 0.15) is 35.1 Å². The van der Waals surface area contributed by atoms with Gasteiger partial charge in [-0.15, -0.1) is 0 Å². The van der Waals surface area contributed by atoms with Crippen LogP contribution >= 0.6 is 11.6 Å². The van der Waals surface area contributed by atoms with Crippen LogP contribution in [0.4, 0.5) is 19.0 Å². The summed E-state index contributed by atoms with van der Waals surface area (Å²) < 4.78 is 44.0. The zero-order valence-electron chi connectivity index (χ0n) is 17.5. The predicted molar refractivity (Wildman–Crippen MR) is 121 cm³/mol. The van der Waals surface area contributed by atoms with Gasteiger partial charge in [0.15, 0.2) is 11.5 Å². The molecule has 1 atom stereocenters. The standard InChI is InChI=1S/C22H15ClF3N7O/c1-2-13(31-20-18-19(28-8-27-18)29-9-30-20)21-32-14-6-5-12(26)17(23)16(14)22(34)33(21)15-7-10(24)3-4-11(15)25/h3-9,13H,2H2,1H3,(H2,27,28,29,30,31)/t13-/m1/s1. The van der Waals surface area contributed by atoms with Gasteiger partial charge in [-0.05, 0) is 30.7 Å². The van der Waals surface area contributed by atoms with Gasteiger partial charge in [0.25, 0.3) is 5.56 Å². The van der Waals surface area contributed by atoms with E-state index in [0.29, 0.717) is 23.4 Å². The van der Waals surface area contributed by atoms with Gasteiger partial charge in [0.05, 0.1) is 34.0 Å². The van der Waals surface area contributed by atoms with E-state index in [9.17, 15) is 18.0 Å². The highest BCUT2D eigenvalue weighted by Gasteiger charge is 2.25. The molecule has 8 nitrogen and oxygen atoms in total. The van der Waals surface area contributed by atoms with E-state index in [1.54, 1.807) is 6.92 Å². The van der Waals surface area contributed by atoms with E-state index < -0.39 is 34.1 Å². The van der Waals surface area contributed by atoms with Gasteiger partial charge in [-0.2, -0.15) is 0 Å². The lowest BCUT2D eigenvalue weighted by molar-refractivity contribution is 0.579. The van der Waals surface area contributed by atoms with Gasteiger partial charge in [-0.3, -0.25) is 9.36 Å². The normalized spacial score (nSPS) is 12.4. The number of aromatic amines is 1. The van der Waals surface area contributed by atoms with Crippen LogP contribution < -0.4 is 10.9 Å². The molecule has 2 N–H and O–H groups in total. The van der Waals surface area contributed by atoms with Crippen LogP contribution in [0.25, 0.3) is 27.8 Å². The molecule has 3 heterocycles. The van der Waals surface area contributed by atoms with Crippen molar-refractivity contribution in [1.82, 2.24) is 29.5 Å². The van der Waals surface area contributed by atoms with Crippen molar-refractivity contribution in [2.24, 2.45) is 0 Å². The Balaban J connectivity index is 1.79. The maximum absolute atomic E-state index is 14.8. The van der Waals surface area contributed by atoms with Crippen molar-refractivity contribution in [2.45, 2.75) is 19.4 Å². The highest BCUT2D eigenvalue weighted by Crippen LogP contribution is 2.29. The van der Waals surface area contributed by atoms with Crippen molar-refractivity contribution in [2.75, 3.05) is 5.32 Å². The average Bonchev–Trinajstić information content (AvgIpc) is 3.31. The SMILES string of the molecule is CC[C@@H](Nc1ncnc2[nH]cnc12)c1nc2ccc(F)c(Cl)c2c(=O)n1-c1cc(F)ccc1F. The third-order valence-corrected chi connectivity index (χ3v) is 5.72. The van der Waals surface area contributed by atoms with Gasteiger partial charge >= 0.3 is 0 Å². The lowest BCUT2D eigenvalue weighted by atomic mass is 10.1. The Morgan fingerprint density at radius 1 is 1.12 bits per heavy atom. The van der Waals surface area contributed by atoms with Gasteiger partial charge in [0.2, 0.25) is 0 Å². The molecule has 0 saturated carbocycles. The summed E-state index contributed by atoms with van der Waals surface area (Å²) in [5, 5.41) is 2.45. The Kier molecular flexibility index (Phi) is 5.40. The smallest absolute Gasteiger partial charge is 0.267 e. The summed E-state index contributed by atoms with van der Waals surface area (Å²) in [6.45, 7) is 1.81. The lowest BCUT2D eigenvalue weighted by Gasteiger charge is -2.22. The van der Waals surface area contributed by atoms with Crippen LogP contribution in [-0.4, -0.2) is 29.5 Å². The molecular formula is C22H15ClF3N7O. The highest BCUT2D eigenvalue weighted by molar-refractivity contribution is 6.35. The summed E-state index contributed by atoms with van der Waals surface area (Å²) in [6, 6.07) is 4.36. The van der Waals surface area contributed by atoms with E-state index in [-0.39, 0.29) is 22.4 Å². The molecule has 0 aliphatic carbocycles. The van der Waals surface area contributed by atoms with E-state index in [4.69, 9.17) is 11.6 Å². The number of anilines is 1. The molecule has 5 aromatic rings. The van der Waals surface area contributed by atoms with Crippen molar-refractivity contribution in [1.29, 1.82) is 0 Å². The van der Waals surface area contributed by atoms with E-state index >= 15 is 0 Å². The second-order valence-corrected chi connectivity index (χ2v) is 7.77. The van der Waals surface area contributed by atoms with Crippen LogP contribution in [0.5, 0.6) is 0 Å². The molecule has 0 radical (unpaired) electrons. The minimum absolute atomic E-state index is 0.0504. The molecule has 0 saturated heterocycles. The summed E-state index contributed by atoms with van der Waals surface area (Å²) in [4.78, 5) is 33.4. The topological polar surface area (TPSA) is 101 Å². The third kappa shape index (κ3) is 3.54. The Morgan fingerprint density at radius 3 is 2.71 bits per heavy atom. The van der Waals surface area contributed by atoms with Crippen LogP contribution in [0, 0.1) is 17.5 Å². The molecule has 0 aliphatic rings. The molecule has 34 heavy (non-hydrogen) atoms. The summed E-state index contributed by atoms with van der Waals surface area (Å²) >= 11 is 6.07. The molecule has 172 valence electrons. The maximum atomic E-state index is 14.8. The molecule has 5 rings (SSSR count). The second-order valence-electron chi connectivity index (χ2n) is 7.39. The van der Waals surface area contributed by atoms with Crippen molar-refractivity contribution in [3.8, 4) is 5.69 Å². The summed E-state index contributed by atoms with van der Waals surface area (Å²) in [5.41, 5.74) is -0.205. The predicted octanol–water partition coefficient (Wildman–Crippen LogP) is 4.69. The number of imidazole rings is 1. The molecule has 0 spiro atoms. The maximum Gasteiger partial charge on any atom is 0.267 e. The molecule has 0 fully saturated rings. The number of fused-ring (bicyclic) bond motifs is 2. The largest absolute Gasteiger partial charge is 0.358 e. The Labute approximate surface area is 194 Å². The summed E-state index contributed by atoms with van der Waals surface area (Å²) in [6.07, 6.45) is 3.14. The number of rotatable bonds is 5. The fraction of sp³-hybridized carbons (Fsp3) is 0.136. The lowest BCUT2D eigenvalue weighted by Crippen LogP contribution is -2.29. The number of hydrogen-bond donors (Lipinski definition) is 2. The molecule has 3 aromatic heterocycles. The number of nitrogens with zero attached hydrogens (tertiary/aromatic N) is 5. The second kappa shape index (κ2) is 8.41. The first-order chi connectivity index (χ1) is 16.4. The number of halogens is 4. The number of nitrogens with one attached hydrogen (secondary N) is 2. The Morgan fingerprint density at radius 2 is 1.91 bits per heavy atom. The first kappa shape index (κ1) is 21.8. The van der Waals surface area contributed by atoms with Gasteiger partial charge in [0, 0.05) is 6.07 Å². The zero-order valence-corrected chi connectivity index (χ0v) is 18.2. The van der Waals surface area contributed by atoms with Crippen molar-refractivity contribution >= 4 is 39.5 Å². The first-order valence-electron chi connectivity index (χ1n) is 10.2. The molecule has 0 amide bonds. The highest BCUT2D eigenvalue weighted by atomic mass is 35.5. The van der Waals surface area contributed by atoms with E-state index in [2.05, 4.69) is 30.2 Å². The van der Waals surface area contributed by atoms with Crippen molar-refractivity contribution in [3.05, 3.63) is 81.6 Å². The number of hydrogen-bond acceptors (Lipinski definition) is 6. The molecule has 0 bridgehead atoms. The van der Waals surface area contributed by atoms with Gasteiger partial charge in [-0.1, -0.05) is 18.5 Å². The van der Waals surface area contributed by atoms with Crippen LogP contribution in [0.2, 0.25) is 5.02 Å². The fourth-order valence-corrected chi connectivity index (χ4v) is 3.98. The van der Waals surface area contributed by atoms with E-state index in [1.165, 1.54) is 18.7 Å². The minimum Gasteiger partial charge on any atom is -0.358 e. The van der Waals surface area contributed by atoms with Gasteiger partial charge < -0.3 is 10.3 Å². The van der Waals surface area contributed by atoms with E-state index in [1.807, 2.05) is 0 Å². The quantitative estimate of drug-likeness (QED) is 0.374. The first-order valence-corrected chi connectivity index (χ1v) is 10.5. The molecular weight excluding hydrogens is 471 g/mol. The minimum atomic E-state index is -0.870. The average molecular weight is 486 g/mol. The van der Waals surface area contributed by atoms with E-state index in [0.717, 1.165) is 28.8 Å². The van der Waals surface area contributed by atoms with Crippen molar-refractivity contribution < 1.29 is 13.2 Å². The summed E-state index contributed by atoms with van der Waals surface area (Å²) in [7, 11) is 0. The summed E-state index contributed by atoms with van der Waals surface area (Å²) in [5.74, 6) is -2.08. The fourth-order valence-electron chi connectivity index (χ4n) is 3.73. The molecule has 0 unspecified atom stereocenters. The number of aromatic nitrogens is 6. The number of H-pyrrole nitrogens is 1. The third-order valence-electron chi connectivity index (χ3n) is 5.35. The Hall–Kier alpha value is -3.99. The monoisotopic (exact) mass is 485 g/mol. The van der Waals surface area contributed by atoms with Crippen LogP contribution in [0.3, 0.4) is 0 Å². The Bertz CT molecular complexity index is 1620. The van der Waals surface area contributed by atoms with Crippen LogP contribution in [0.1, 0.15) is 25.2 Å². The van der Waals surface area contributed by atoms with Gasteiger partial charge in [-0.25, -0.2) is 33.1 Å². The zero-order chi connectivity index (χ0) is 24.0. The molecule has 2 aromatic carbocycles. The van der Waals surface area contributed by atoms with Crippen molar-refractivity contribution in [3.63, 3.8) is 0 Å².